The summed E-state index contributed by atoms with van der Waals surface area (Å²) in [5.74, 6) is -0.346. The molecule has 0 fully saturated rings. The fourth-order valence-corrected chi connectivity index (χ4v) is 3.52. The lowest BCUT2D eigenvalue weighted by molar-refractivity contribution is 0.102. The largest absolute Gasteiger partial charge is 0.298 e. The predicted molar refractivity (Wildman–Crippen MR) is 101 cm³/mol. The zero-order chi connectivity index (χ0) is 17.1. The molecule has 0 aliphatic heterocycles. The topological polar surface area (TPSA) is 42.0 Å². The van der Waals surface area contributed by atoms with Gasteiger partial charge in [0.15, 0.2) is 5.13 Å². The van der Waals surface area contributed by atoms with Crippen LogP contribution in [0.3, 0.4) is 0 Å². The molecule has 0 saturated carbocycles. The molecule has 7 heteroatoms. The number of anilines is 1. The molecule has 0 spiro atoms. The quantitative estimate of drug-likeness (QED) is 0.591. The van der Waals surface area contributed by atoms with E-state index in [4.69, 9.17) is 34.8 Å². The average molecular weight is 398 g/mol. The first-order valence-electron chi connectivity index (χ1n) is 6.97. The van der Waals surface area contributed by atoms with Crippen LogP contribution in [0, 0.1) is 0 Å². The third kappa shape index (κ3) is 4.08. The highest BCUT2D eigenvalue weighted by atomic mass is 35.5. The molecule has 122 valence electrons. The number of rotatable bonds is 4. The van der Waals surface area contributed by atoms with Gasteiger partial charge in [-0.25, -0.2) is 4.98 Å². The molecule has 1 N–H and O–H groups in total. The summed E-state index contributed by atoms with van der Waals surface area (Å²) in [4.78, 5) is 17.5. The van der Waals surface area contributed by atoms with Crippen molar-refractivity contribution in [3.05, 3.63) is 79.7 Å². The number of benzene rings is 2. The number of nitrogens with zero attached hydrogens (tertiary/aromatic N) is 1. The van der Waals surface area contributed by atoms with Crippen molar-refractivity contribution in [3.63, 3.8) is 0 Å². The lowest BCUT2D eigenvalue weighted by atomic mass is 10.1. The number of carbonyl (C=O) groups excluding carboxylic acids is 1. The molecule has 0 atom stereocenters. The number of thiazole rings is 1. The van der Waals surface area contributed by atoms with Gasteiger partial charge in [-0.3, -0.25) is 10.1 Å². The summed E-state index contributed by atoms with van der Waals surface area (Å²) in [5.41, 5.74) is 1.32. The Bertz CT molecular complexity index is 895. The first kappa shape index (κ1) is 17.2. The normalized spacial score (nSPS) is 10.6. The van der Waals surface area contributed by atoms with Crippen molar-refractivity contribution in [2.45, 2.75) is 6.42 Å². The minimum atomic E-state index is -0.346. The van der Waals surface area contributed by atoms with Crippen molar-refractivity contribution in [1.29, 1.82) is 0 Å². The van der Waals surface area contributed by atoms with E-state index in [9.17, 15) is 4.79 Å². The molecule has 3 rings (SSSR count). The maximum absolute atomic E-state index is 12.3. The summed E-state index contributed by atoms with van der Waals surface area (Å²) in [6.07, 6.45) is 2.38. The molecule has 0 aliphatic rings. The first-order chi connectivity index (χ1) is 11.5. The Balaban J connectivity index is 1.73. The monoisotopic (exact) mass is 396 g/mol. The van der Waals surface area contributed by atoms with Crippen LogP contribution in [0.25, 0.3) is 0 Å². The van der Waals surface area contributed by atoms with Gasteiger partial charge in [0.2, 0.25) is 0 Å². The lowest BCUT2D eigenvalue weighted by Gasteiger charge is -2.04. The number of halogens is 3. The van der Waals surface area contributed by atoms with Gasteiger partial charge in [0.25, 0.3) is 5.91 Å². The molecule has 0 bridgehead atoms. The van der Waals surface area contributed by atoms with Gasteiger partial charge in [-0.15, -0.1) is 11.3 Å². The Morgan fingerprint density at radius 2 is 1.88 bits per heavy atom. The van der Waals surface area contributed by atoms with Gasteiger partial charge in [-0.1, -0.05) is 53.0 Å². The van der Waals surface area contributed by atoms with Crippen LogP contribution in [0.4, 0.5) is 5.13 Å². The Hall–Kier alpha value is -1.59. The molecule has 0 saturated heterocycles. The molecule has 1 heterocycles. The summed E-state index contributed by atoms with van der Waals surface area (Å²) in [5, 5.41) is 4.73. The summed E-state index contributed by atoms with van der Waals surface area (Å²) in [6.45, 7) is 0. The average Bonchev–Trinajstić information content (AvgIpc) is 2.99. The Morgan fingerprint density at radius 3 is 2.67 bits per heavy atom. The van der Waals surface area contributed by atoms with E-state index in [2.05, 4.69) is 10.3 Å². The van der Waals surface area contributed by atoms with Gasteiger partial charge in [-0.2, -0.15) is 0 Å². The van der Waals surface area contributed by atoms with E-state index < -0.39 is 0 Å². The van der Waals surface area contributed by atoms with Crippen molar-refractivity contribution in [2.75, 3.05) is 5.32 Å². The zero-order valence-electron chi connectivity index (χ0n) is 12.2. The van der Waals surface area contributed by atoms with Gasteiger partial charge < -0.3 is 0 Å². The third-order valence-electron chi connectivity index (χ3n) is 3.27. The number of nitrogens with one attached hydrogen (secondary N) is 1. The molecule has 0 radical (unpaired) electrons. The maximum Gasteiger partial charge on any atom is 0.259 e. The molecule has 2 aromatic carbocycles. The minimum absolute atomic E-state index is 0.312. The minimum Gasteiger partial charge on any atom is -0.298 e. The number of amides is 1. The van der Waals surface area contributed by atoms with Gasteiger partial charge in [-0.05, 0) is 29.8 Å². The van der Waals surface area contributed by atoms with E-state index in [1.165, 1.54) is 17.4 Å². The number of hydrogen-bond donors (Lipinski definition) is 1. The Morgan fingerprint density at radius 1 is 1.08 bits per heavy atom. The van der Waals surface area contributed by atoms with Gasteiger partial charge in [0.05, 0.1) is 10.6 Å². The van der Waals surface area contributed by atoms with Crippen LogP contribution in [-0.4, -0.2) is 10.9 Å². The molecule has 0 aliphatic carbocycles. The van der Waals surface area contributed by atoms with Crippen molar-refractivity contribution in [2.24, 2.45) is 0 Å². The van der Waals surface area contributed by atoms with E-state index in [-0.39, 0.29) is 5.91 Å². The van der Waals surface area contributed by atoms with E-state index in [1.807, 2.05) is 24.3 Å². The van der Waals surface area contributed by atoms with E-state index in [1.54, 1.807) is 18.3 Å². The third-order valence-corrected chi connectivity index (χ3v) is 5.12. The highest BCUT2D eigenvalue weighted by Crippen LogP contribution is 2.26. The molecule has 3 nitrogen and oxygen atoms in total. The smallest absolute Gasteiger partial charge is 0.259 e. The molecular weight excluding hydrogens is 387 g/mol. The Kier molecular flexibility index (Phi) is 5.41. The van der Waals surface area contributed by atoms with Crippen LogP contribution in [0.1, 0.15) is 20.8 Å². The predicted octanol–water partition coefficient (Wildman–Crippen LogP) is 5.95. The van der Waals surface area contributed by atoms with Crippen LogP contribution in [0.5, 0.6) is 0 Å². The van der Waals surface area contributed by atoms with Crippen molar-refractivity contribution < 1.29 is 4.79 Å². The van der Waals surface area contributed by atoms with Crippen molar-refractivity contribution in [3.8, 4) is 0 Å². The first-order valence-corrected chi connectivity index (χ1v) is 8.92. The van der Waals surface area contributed by atoms with Crippen LogP contribution in [0.15, 0.2) is 48.7 Å². The molecule has 3 aromatic rings. The molecule has 1 aromatic heterocycles. The van der Waals surface area contributed by atoms with Crippen LogP contribution in [0.2, 0.25) is 15.1 Å². The van der Waals surface area contributed by atoms with Gasteiger partial charge in [0, 0.05) is 27.5 Å². The Labute approximate surface area is 158 Å². The number of carbonyl (C=O) groups is 1. The fraction of sp³-hybridized carbons (Fsp3) is 0.0588. The summed E-state index contributed by atoms with van der Waals surface area (Å²) in [7, 11) is 0. The highest BCUT2D eigenvalue weighted by Gasteiger charge is 2.13. The van der Waals surface area contributed by atoms with Crippen molar-refractivity contribution >= 4 is 57.2 Å². The number of hydrogen-bond acceptors (Lipinski definition) is 3. The van der Waals surface area contributed by atoms with E-state index in [0.717, 1.165) is 10.4 Å². The van der Waals surface area contributed by atoms with Crippen LogP contribution >= 0.6 is 46.1 Å². The molecular formula is C17H11Cl3N2OS. The second-order valence-corrected chi connectivity index (χ2v) is 7.34. The summed E-state index contributed by atoms with van der Waals surface area (Å²) >= 11 is 19.5. The van der Waals surface area contributed by atoms with Crippen LogP contribution in [-0.2, 0) is 6.42 Å². The molecule has 0 unspecified atom stereocenters. The van der Waals surface area contributed by atoms with E-state index in [0.29, 0.717) is 32.2 Å². The van der Waals surface area contributed by atoms with Gasteiger partial charge in [0.1, 0.15) is 0 Å². The zero-order valence-corrected chi connectivity index (χ0v) is 15.3. The summed E-state index contributed by atoms with van der Waals surface area (Å²) < 4.78 is 0. The van der Waals surface area contributed by atoms with Crippen LogP contribution < -0.4 is 5.32 Å². The maximum atomic E-state index is 12.3. The SMILES string of the molecule is O=C(Nc1ncc(Cc2ccccc2Cl)s1)c1cc(Cl)ccc1Cl. The standard InChI is InChI=1S/C17H11Cl3N2OS/c18-11-5-6-15(20)13(8-11)16(23)22-17-21-9-12(24-17)7-10-3-1-2-4-14(10)19/h1-6,8-9H,7H2,(H,21,22,23). The van der Waals surface area contributed by atoms with Crippen molar-refractivity contribution in [1.82, 2.24) is 4.98 Å². The fourth-order valence-electron chi connectivity index (χ4n) is 2.11. The second kappa shape index (κ2) is 7.53. The van der Waals surface area contributed by atoms with Gasteiger partial charge >= 0.3 is 0 Å². The highest BCUT2D eigenvalue weighted by molar-refractivity contribution is 7.15. The molecule has 1 amide bonds. The number of aromatic nitrogens is 1. The lowest BCUT2D eigenvalue weighted by Crippen LogP contribution is -2.12. The summed E-state index contributed by atoms with van der Waals surface area (Å²) in [6, 6.07) is 12.4. The molecule has 24 heavy (non-hydrogen) atoms. The van der Waals surface area contributed by atoms with E-state index >= 15 is 0 Å². The second-order valence-electron chi connectivity index (χ2n) is 4.98.